The van der Waals surface area contributed by atoms with E-state index in [4.69, 9.17) is 15.2 Å². The summed E-state index contributed by atoms with van der Waals surface area (Å²) in [7, 11) is 1.51. The normalized spacial score (nSPS) is 11.3. The van der Waals surface area contributed by atoms with Gasteiger partial charge < -0.3 is 20.5 Å². The molecule has 7 heteroatoms. The van der Waals surface area contributed by atoms with Gasteiger partial charge in [-0.3, -0.25) is 9.59 Å². The number of nitrogens with one attached hydrogen (secondary N) is 1. The summed E-state index contributed by atoms with van der Waals surface area (Å²) >= 11 is 0. The minimum absolute atomic E-state index is 0.0351. The highest BCUT2D eigenvalue weighted by Gasteiger charge is 2.25. The van der Waals surface area contributed by atoms with Crippen molar-refractivity contribution in [2.45, 2.75) is 19.1 Å². The van der Waals surface area contributed by atoms with Crippen LogP contribution in [-0.2, 0) is 20.9 Å². The van der Waals surface area contributed by atoms with Crippen molar-refractivity contribution in [1.82, 2.24) is 5.32 Å². The van der Waals surface area contributed by atoms with Gasteiger partial charge in [0.05, 0.1) is 13.5 Å². The van der Waals surface area contributed by atoms with Crippen LogP contribution in [0.3, 0.4) is 0 Å². The number of hydrogen-bond donors (Lipinski definition) is 2. The van der Waals surface area contributed by atoms with E-state index in [-0.39, 0.29) is 13.0 Å². The Morgan fingerprint density at radius 3 is 2.27 bits per heavy atom. The van der Waals surface area contributed by atoms with Gasteiger partial charge in [-0.15, -0.1) is 0 Å². The average Bonchev–Trinajstić information content (AvgIpc) is 2.66. The lowest BCUT2D eigenvalue weighted by Crippen LogP contribution is -2.44. The van der Waals surface area contributed by atoms with Gasteiger partial charge in [0.1, 0.15) is 18.4 Å². The molecule has 0 radical (unpaired) electrons. The van der Waals surface area contributed by atoms with Crippen molar-refractivity contribution in [3.05, 3.63) is 65.7 Å². The Morgan fingerprint density at radius 1 is 1.04 bits per heavy atom. The number of hydrogen-bond acceptors (Lipinski definition) is 5. The third kappa shape index (κ3) is 5.62. The number of methoxy groups -OCH3 is 1. The predicted molar refractivity (Wildman–Crippen MR) is 94.3 cm³/mol. The summed E-state index contributed by atoms with van der Waals surface area (Å²) in [6.45, 7) is 0.0351. The molecule has 136 valence electrons. The first kappa shape index (κ1) is 19.0. The Balaban J connectivity index is 2.01. The molecule has 0 aromatic heterocycles. The molecule has 7 nitrogen and oxygen atoms in total. The molecule has 2 aromatic rings. The molecule has 0 aliphatic carbocycles. The molecule has 1 atom stereocenters. The maximum absolute atomic E-state index is 12.3. The van der Waals surface area contributed by atoms with Gasteiger partial charge in [-0.25, -0.2) is 4.79 Å². The second-order valence-electron chi connectivity index (χ2n) is 5.52. The Hall–Kier alpha value is -3.35. The monoisotopic (exact) mass is 356 g/mol. The maximum Gasteiger partial charge on any atom is 0.329 e. The third-order valence-corrected chi connectivity index (χ3v) is 3.57. The zero-order valence-electron chi connectivity index (χ0n) is 14.3. The number of carbonyl (C=O) groups excluding carboxylic acids is 3. The Kier molecular flexibility index (Phi) is 6.73. The van der Waals surface area contributed by atoms with Gasteiger partial charge in [0, 0.05) is 5.56 Å². The Bertz CT molecular complexity index is 759. The first-order chi connectivity index (χ1) is 12.5. The molecule has 26 heavy (non-hydrogen) atoms. The Labute approximate surface area is 151 Å². The van der Waals surface area contributed by atoms with E-state index in [2.05, 4.69) is 5.32 Å². The molecule has 0 aliphatic heterocycles. The van der Waals surface area contributed by atoms with Gasteiger partial charge in [-0.1, -0.05) is 30.3 Å². The fraction of sp³-hybridized carbons (Fsp3) is 0.211. The van der Waals surface area contributed by atoms with Gasteiger partial charge in [-0.05, 0) is 29.8 Å². The van der Waals surface area contributed by atoms with Crippen LogP contribution in [0.1, 0.15) is 22.3 Å². The maximum atomic E-state index is 12.3. The van der Waals surface area contributed by atoms with Gasteiger partial charge in [0.2, 0.25) is 5.91 Å². The van der Waals surface area contributed by atoms with E-state index in [1.807, 2.05) is 18.2 Å². The molecule has 0 unspecified atom stereocenters. The van der Waals surface area contributed by atoms with Crippen LogP contribution in [0.25, 0.3) is 0 Å². The van der Waals surface area contributed by atoms with Crippen molar-refractivity contribution < 1.29 is 23.9 Å². The van der Waals surface area contributed by atoms with Gasteiger partial charge in [0.15, 0.2) is 0 Å². The van der Waals surface area contributed by atoms with E-state index >= 15 is 0 Å². The van der Waals surface area contributed by atoms with E-state index in [1.165, 1.54) is 7.11 Å². The molecular formula is C19H20N2O5. The molecule has 0 saturated carbocycles. The summed E-state index contributed by atoms with van der Waals surface area (Å²) in [4.78, 5) is 35.8. The number of primary amides is 1. The van der Waals surface area contributed by atoms with Crippen LogP contribution < -0.4 is 15.8 Å². The number of esters is 1. The summed E-state index contributed by atoms with van der Waals surface area (Å²) in [5.41, 5.74) is 6.28. The van der Waals surface area contributed by atoms with E-state index in [1.54, 1.807) is 36.4 Å². The minimum Gasteiger partial charge on any atom is -0.497 e. The fourth-order valence-corrected chi connectivity index (χ4v) is 2.21. The zero-order chi connectivity index (χ0) is 18.9. The minimum atomic E-state index is -1.16. The lowest BCUT2D eigenvalue weighted by molar-refractivity contribution is -0.148. The summed E-state index contributed by atoms with van der Waals surface area (Å²) in [6.07, 6.45) is -0.352. The van der Waals surface area contributed by atoms with Crippen molar-refractivity contribution in [1.29, 1.82) is 0 Å². The molecule has 0 heterocycles. The van der Waals surface area contributed by atoms with Gasteiger partial charge >= 0.3 is 5.97 Å². The second kappa shape index (κ2) is 9.22. The molecule has 0 spiro atoms. The lowest BCUT2D eigenvalue weighted by atomic mass is 10.1. The highest BCUT2D eigenvalue weighted by Crippen LogP contribution is 2.12. The van der Waals surface area contributed by atoms with Crippen LogP contribution in [-0.4, -0.2) is 30.9 Å². The van der Waals surface area contributed by atoms with Crippen LogP contribution in [0.4, 0.5) is 0 Å². The molecule has 0 fully saturated rings. The van der Waals surface area contributed by atoms with Crippen molar-refractivity contribution in [2.24, 2.45) is 5.73 Å². The van der Waals surface area contributed by atoms with E-state index in [9.17, 15) is 14.4 Å². The molecule has 0 aliphatic rings. The van der Waals surface area contributed by atoms with Crippen LogP contribution in [0.5, 0.6) is 5.75 Å². The van der Waals surface area contributed by atoms with Crippen LogP contribution in [0.15, 0.2) is 54.6 Å². The molecular weight excluding hydrogens is 336 g/mol. The molecule has 0 saturated heterocycles. The predicted octanol–water partition coefficient (Wildman–Crippen LogP) is 1.41. The number of amides is 2. The average molecular weight is 356 g/mol. The zero-order valence-corrected chi connectivity index (χ0v) is 14.3. The number of rotatable bonds is 8. The molecule has 0 bridgehead atoms. The van der Waals surface area contributed by atoms with E-state index < -0.39 is 23.8 Å². The summed E-state index contributed by atoms with van der Waals surface area (Å²) in [5.74, 6) is -1.37. The van der Waals surface area contributed by atoms with E-state index in [0.717, 1.165) is 5.56 Å². The highest BCUT2D eigenvalue weighted by molar-refractivity contribution is 5.97. The van der Waals surface area contributed by atoms with Crippen molar-refractivity contribution >= 4 is 17.8 Å². The second-order valence-corrected chi connectivity index (χ2v) is 5.52. The van der Waals surface area contributed by atoms with Crippen LogP contribution >= 0.6 is 0 Å². The first-order valence-corrected chi connectivity index (χ1v) is 7.93. The van der Waals surface area contributed by atoms with Crippen LogP contribution in [0.2, 0.25) is 0 Å². The molecule has 2 rings (SSSR count). The largest absolute Gasteiger partial charge is 0.497 e. The summed E-state index contributed by atoms with van der Waals surface area (Å²) in [6, 6.07) is 14.2. The third-order valence-electron chi connectivity index (χ3n) is 3.57. The summed E-state index contributed by atoms with van der Waals surface area (Å²) in [5, 5.41) is 2.48. The van der Waals surface area contributed by atoms with Crippen molar-refractivity contribution in [2.75, 3.05) is 7.11 Å². The molecule has 3 N–H and O–H groups in total. The highest BCUT2D eigenvalue weighted by atomic mass is 16.5. The number of carbonyl (C=O) groups is 3. The Morgan fingerprint density at radius 2 is 1.69 bits per heavy atom. The van der Waals surface area contributed by atoms with Gasteiger partial charge in [-0.2, -0.15) is 0 Å². The van der Waals surface area contributed by atoms with Crippen LogP contribution in [0, 0.1) is 0 Å². The number of nitrogens with two attached hydrogens (primary N) is 1. The van der Waals surface area contributed by atoms with Crippen molar-refractivity contribution in [3.63, 3.8) is 0 Å². The number of benzene rings is 2. The quantitative estimate of drug-likeness (QED) is 0.696. The molecule has 2 amide bonds. The van der Waals surface area contributed by atoms with Crippen molar-refractivity contribution in [3.8, 4) is 5.75 Å². The smallest absolute Gasteiger partial charge is 0.329 e. The number of ether oxygens (including phenoxy) is 2. The van der Waals surface area contributed by atoms with E-state index in [0.29, 0.717) is 11.3 Å². The lowest BCUT2D eigenvalue weighted by Gasteiger charge is -2.16. The van der Waals surface area contributed by atoms with Gasteiger partial charge in [0.25, 0.3) is 5.91 Å². The molecule has 2 aromatic carbocycles. The standard InChI is InChI=1S/C19H20N2O5/c1-25-15-9-7-14(8-10-15)18(23)21-16(11-17(20)22)19(24)26-12-13-5-3-2-4-6-13/h2-10,16H,11-12H2,1H3,(H2,20,22)(H,21,23)/t16-/m0/s1. The first-order valence-electron chi connectivity index (χ1n) is 7.93. The summed E-state index contributed by atoms with van der Waals surface area (Å²) < 4.78 is 10.2. The fourth-order valence-electron chi connectivity index (χ4n) is 2.21. The SMILES string of the molecule is COc1ccc(C(=O)N[C@@H](CC(N)=O)C(=O)OCc2ccccc2)cc1. The topological polar surface area (TPSA) is 108 Å².